The molecule has 0 amide bonds. The molecule has 3 aromatic carbocycles. The van der Waals surface area contributed by atoms with Gasteiger partial charge in [0.05, 0.1) is 54.6 Å². The summed E-state index contributed by atoms with van der Waals surface area (Å²) in [4.78, 5) is 10.5. The van der Waals surface area contributed by atoms with Crippen molar-refractivity contribution in [2.24, 2.45) is 0 Å². The molecule has 0 saturated heterocycles. The van der Waals surface area contributed by atoms with Gasteiger partial charge >= 0.3 is 6.18 Å². The lowest BCUT2D eigenvalue weighted by atomic mass is 9.90. The van der Waals surface area contributed by atoms with Crippen molar-refractivity contribution < 1.29 is 13.2 Å². The van der Waals surface area contributed by atoms with Gasteiger partial charge in [-0.3, -0.25) is 0 Å². The monoisotopic (exact) mass is 601 g/mol. The van der Waals surface area contributed by atoms with Crippen molar-refractivity contribution in [3.8, 4) is 24.3 Å². The molecule has 0 unspecified atom stereocenters. The maximum atomic E-state index is 14.0. The average molecular weight is 602 g/mol. The highest BCUT2D eigenvalue weighted by Gasteiger charge is 2.39. The highest BCUT2D eigenvalue weighted by Crippen LogP contribution is 2.55. The van der Waals surface area contributed by atoms with E-state index in [0.717, 1.165) is 17.2 Å². The van der Waals surface area contributed by atoms with Crippen LogP contribution in [0.5, 0.6) is 0 Å². The number of alkyl halides is 3. The summed E-state index contributed by atoms with van der Waals surface area (Å²) >= 11 is 0. The molecule has 2 aliphatic rings. The minimum absolute atomic E-state index is 0.0916. The lowest BCUT2D eigenvalue weighted by Gasteiger charge is -2.14. The van der Waals surface area contributed by atoms with Gasteiger partial charge in [0.15, 0.2) is 0 Å². The average Bonchev–Trinajstić information content (AvgIpc) is 3.52. The molecule has 0 aliphatic heterocycles. The van der Waals surface area contributed by atoms with Crippen molar-refractivity contribution in [3.63, 3.8) is 0 Å². The van der Waals surface area contributed by atoms with Gasteiger partial charge in [0.2, 0.25) is 5.70 Å². The van der Waals surface area contributed by atoms with Crippen LogP contribution in [-0.4, -0.2) is 0 Å². The molecule has 3 aromatic rings. The highest BCUT2D eigenvalue weighted by atomic mass is 19.4. The lowest BCUT2D eigenvalue weighted by Crippen LogP contribution is -2.08. The molecule has 0 atom stereocenters. The standard InChI is InChI=1S/C36H14F3N7/c1-18-8-19(2)10-22(9-18)32-34(30(17-43)45-4)25-13-24-23(12-26(25)35(32)46-5)27(15-41)31(33(24)29(16-42)44-3)20-6-7-21(14-40)28(11-20)36(37,38)39/h6-13H,1-2H3/b33-29+,34-30-. The van der Waals surface area contributed by atoms with E-state index in [4.69, 9.17) is 19.7 Å². The first-order valence-corrected chi connectivity index (χ1v) is 13.2. The van der Waals surface area contributed by atoms with Gasteiger partial charge in [-0.1, -0.05) is 41.5 Å². The summed E-state index contributed by atoms with van der Waals surface area (Å²) in [6.45, 7) is 27.3. The minimum Gasteiger partial charge on any atom is -0.237 e. The first-order chi connectivity index (χ1) is 22.0. The van der Waals surface area contributed by atoms with Gasteiger partial charge in [-0.25, -0.2) is 25.1 Å². The molecule has 10 heteroatoms. The fourth-order valence-corrected chi connectivity index (χ4v) is 5.92. The molecule has 214 valence electrons. The van der Waals surface area contributed by atoms with Crippen molar-refractivity contribution in [2.45, 2.75) is 20.0 Å². The first-order valence-electron chi connectivity index (χ1n) is 13.2. The van der Waals surface area contributed by atoms with Crippen LogP contribution >= 0.6 is 0 Å². The number of hydrogen-bond acceptors (Lipinski definition) is 4. The van der Waals surface area contributed by atoms with Gasteiger partial charge in [0.1, 0.15) is 6.07 Å². The third-order valence-corrected chi connectivity index (χ3v) is 7.58. The second kappa shape index (κ2) is 11.2. The van der Waals surface area contributed by atoms with Gasteiger partial charge < -0.3 is 0 Å². The van der Waals surface area contributed by atoms with E-state index in [0.29, 0.717) is 17.2 Å². The van der Waals surface area contributed by atoms with Crippen LogP contribution in [0.4, 0.5) is 13.2 Å². The normalized spacial score (nSPS) is 15.3. The molecule has 0 fully saturated rings. The van der Waals surface area contributed by atoms with Crippen LogP contribution in [0, 0.1) is 78.9 Å². The van der Waals surface area contributed by atoms with Crippen molar-refractivity contribution >= 4 is 33.6 Å². The molecule has 0 heterocycles. The molecule has 2 aliphatic carbocycles. The second-order valence-electron chi connectivity index (χ2n) is 10.3. The summed E-state index contributed by atoms with van der Waals surface area (Å²) < 4.78 is 41.9. The largest absolute Gasteiger partial charge is 0.417 e. The molecule has 0 bridgehead atoms. The van der Waals surface area contributed by atoms with Crippen LogP contribution in [-0.2, 0) is 6.18 Å². The molecule has 46 heavy (non-hydrogen) atoms. The third-order valence-electron chi connectivity index (χ3n) is 7.58. The van der Waals surface area contributed by atoms with Gasteiger partial charge in [0.25, 0.3) is 11.4 Å². The Kier molecular flexibility index (Phi) is 7.35. The molecule has 0 saturated carbocycles. The molecule has 5 rings (SSSR count). The maximum Gasteiger partial charge on any atom is 0.417 e. The zero-order chi connectivity index (χ0) is 33.5. The Morgan fingerprint density at radius 1 is 0.674 bits per heavy atom. The van der Waals surface area contributed by atoms with E-state index in [-0.39, 0.29) is 61.5 Å². The summed E-state index contributed by atoms with van der Waals surface area (Å²) in [6.07, 6.45) is -4.92. The fourth-order valence-electron chi connectivity index (χ4n) is 5.92. The van der Waals surface area contributed by atoms with E-state index in [1.165, 1.54) is 24.3 Å². The summed E-state index contributed by atoms with van der Waals surface area (Å²) in [5, 5.41) is 39.6. The van der Waals surface area contributed by atoms with Gasteiger partial charge in [0, 0.05) is 5.57 Å². The molecule has 0 radical (unpaired) electrons. The Morgan fingerprint density at radius 2 is 1.24 bits per heavy atom. The second-order valence-corrected chi connectivity index (χ2v) is 10.3. The topological polar surface area (TPSA) is 108 Å². The predicted molar refractivity (Wildman–Crippen MR) is 163 cm³/mol. The number of fused-ring (bicyclic) bond motifs is 2. The van der Waals surface area contributed by atoms with Crippen LogP contribution in [0.25, 0.3) is 48.1 Å². The van der Waals surface area contributed by atoms with E-state index in [1.54, 1.807) is 6.07 Å². The number of aryl methyl sites for hydroxylation is 2. The number of halogens is 3. The number of benzene rings is 3. The lowest BCUT2D eigenvalue weighted by molar-refractivity contribution is -0.137. The molecular formula is C36H14F3N7. The first kappa shape index (κ1) is 30.3. The Balaban J connectivity index is 1.94. The number of allylic oxidation sites excluding steroid dienone is 7. The molecule has 7 nitrogen and oxygen atoms in total. The van der Waals surface area contributed by atoms with E-state index in [9.17, 15) is 34.2 Å². The third kappa shape index (κ3) is 4.56. The fraction of sp³-hybridized carbons (Fsp3) is 0.0833. The van der Waals surface area contributed by atoms with Crippen LogP contribution < -0.4 is 0 Å². The Hall–Kier alpha value is -7.16. The smallest absolute Gasteiger partial charge is 0.237 e. The van der Waals surface area contributed by atoms with Crippen molar-refractivity contribution in [2.75, 3.05) is 0 Å². The van der Waals surface area contributed by atoms with E-state index in [2.05, 4.69) is 14.5 Å². The van der Waals surface area contributed by atoms with E-state index >= 15 is 0 Å². The van der Waals surface area contributed by atoms with Crippen LogP contribution in [0.3, 0.4) is 0 Å². The number of nitriles is 4. The zero-order valence-corrected chi connectivity index (χ0v) is 23.9. The van der Waals surface area contributed by atoms with Crippen LogP contribution in [0.15, 0.2) is 59.9 Å². The number of rotatable bonds is 2. The summed E-state index contributed by atoms with van der Waals surface area (Å²) in [5.74, 6) is 0. The number of hydrogen-bond donors (Lipinski definition) is 0. The highest BCUT2D eigenvalue weighted by molar-refractivity contribution is 6.29. The maximum absolute atomic E-state index is 14.0. The van der Waals surface area contributed by atoms with Crippen molar-refractivity contribution in [3.05, 3.63) is 150 Å². The Bertz CT molecular complexity index is 2330. The summed E-state index contributed by atoms with van der Waals surface area (Å²) in [5.41, 5.74) is 0.440. The van der Waals surface area contributed by atoms with Crippen molar-refractivity contribution in [1.82, 2.24) is 0 Å². The van der Waals surface area contributed by atoms with Gasteiger partial charge in [-0.2, -0.15) is 23.7 Å². The minimum atomic E-state index is -4.92. The van der Waals surface area contributed by atoms with Crippen LogP contribution in [0.2, 0.25) is 0 Å². The molecular weight excluding hydrogens is 587 g/mol. The Morgan fingerprint density at radius 3 is 1.74 bits per heavy atom. The van der Waals surface area contributed by atoms with E-state index < -0.39 is 23.0 Å². The molecule has 0 N–H and O–H groups in total. The molecule has 0 aromatic heterocycles. The summed E-state index contributed by atoms with van der Waals surface area (Å²) in [7, 11) is 0. The van der Waals surface area contributed by atoms with E-state index in [1.807, 2.05) is 44.2 Å². The SMILES string of the molecule is [C-]#[N+]C1=C(c2cc(C)cc(C)c2)/C(=C(/C#N)[N+]#[C-])c2cc3c(cc21)C(C#N)=C(c1ccc(C#N)c(C(F)(F)F)c1)/C3=C(\C#N)[N+]#[C-]. The van der Waals surface area contributed by atoms with Crippen LogP contribution in [0.1, 0.15) is 55.6 Å². The van der Waals surface area contributed by atoms with Crippen molar-refractivity contribution in [1.29, 1.82) is 21.0 Å². The quantitative estimate of drug-likeness (QED) is 0.216. The number of nitrogens with zero attached hydrogens (tertiary/aromatic N) is 7. The van der Waals surface area contributed by atoms with Gasteiger partial charge in [-0.15, -0.1) is 0 Å². The Labute approximate surface area is 261 Å². The predicted octanol–water partition coefficient (Wildman–Crippen LogP) is 8.75. The molecule has 0 spiro atoms. The van der Waals surface area contributed by atoms with Gasteiger partial charge in [-0.05, 0) is 82.1 Å². The summed E-state index contributed by atoms with van der Waals surface area (Å²) in [6, 6.07) is 18.5. The zero-order valence-electron chi connectivity index (χ0n) is 23.9.